The molecule has 3 nitrogen and oxygen atoms in total. The minimum atomic E-state index is -0.0625. The van der Waals surface area contributed by atoms with Crippen molar-refractivity contribution in [3.05, 3.63) is 85.2 Å². The highest BCUT2D eigenvalue weighted by atomic mass is 31.1. The quantitative estimate of drug-likeness (QED) is 0.374. The zero-order valence-electron chi connectivity index (χ0n) is 16.8. The highest BCUT2D eigenvalue weighted by molar-refractivity contribution is 7.65. The monoisotopic (exact) mass is 397 g/mol. The van der Waals surface area contributed by atoms with Gasteiger partial charge in [0, 0.05) is 18.0 Å². The maximum Gasteiger partial charge on any atom is 0.0894 e. The lowest BCUT2D eigenvalue weighted by Crippen LogP contribution is -2.04. The van der Waals surface area contributed by atoms with Crippen molar-refractivity contribution in [2.75, 3.05) is 12.3 Å². The number of pyridine rings is 3. The fraction of sp³-hybridized carbons (Fsp3) is 0.160. The molecular formula is C25H24N3P. The normalized spacial score (nSPS) is 11.0. The molecule has 4 heteroatoms. The fourth-order valence-electron chi connectivity index (χ4n) is 3.42. The summed E-state index contributed by atoms with van der Waals surface area (Å²) in [6.07, 6.45) is 6.19. The standard InChI is InChI=1S/C25H24N3P/c1-3-29(4-2)21-10-7-9-19(17-21)20-14-15-23(27-18-20)25-13-8-12-24(28-25)22-11-5-6-16-26-22/h5-18H,3-4H2,1-2H3. The molecule has 0 saturated heterocycles. The van der Waals surface area contributed by atoms with Crippen LogP contribution in [0.4, 0.5) is 0 Å². The molecule has 0 bridgehead atoms. The zero-order valence-corrected chi connectivity index (χ0v) is 17.7. The summed E-state index contributed by atoms with van der Waals surface area (Å²) in [5, 5.41) is 1.47. The summed E-state index contributed by atoms with van der Waals surface area (Å²) >= 11 is 0. The smallest absolute Gasteiger partial charge is 0.0894 e. The van der Waals surface area contributed by atoms with Crippen LogP contribution in [0.5, 0.6) is 0 Å². The van der Waals surface area contributed by atoms with Gasteiger partial charge in [-0.1, -0.05) is 58.2 Å². The summed E-state index contributed by atoms with van der Waals surface area (Å²) in [4.78, 5) is 13.8. The fourth-order valence-corrected chi connectivity index (χ4v) is 5.22. The molecule has 0 N–H and O–H groups in total. The Bertz CT molecular complexity index is 1070. The number of hydrogen-bond acceptors (Lipinski definition) is 3. The van der Waals surface area contributed by atoms with Crippen molar-refractivity contribution in [3.8, 4) is 33.9 Å². The topological polar surface area (TPSA) is 38.7 Å². The van der Waals surface area contributed by atoms with E-state index in [1.807, 2.05) is 42.6 Å². The Labute approximate surface area is 173 Å². The third-order valence-electron chi connectivity index (χ3n) is 5.01. The molecule has 144 valence electrons. The molecule has 0 fully saturated rings. The summed E-state index contributed by atoms with van der Waals surface area (Å²) in [6, 6.07) is 24.9. The number of benzene rings is 1. The first-order valence-corrected chi connectivity index (χ1v) is 11.7. The predicted octanol–water partition coefficient (Wildman–Crippen LogP) is 6.02. The van der Waals surface area contributed by atoms with Gasteiger partial charge in [-0.2, -0.15) is 0 Å². The van der Waals surface area contributed by atoms with Gasteiger partial charge < -0.3 is 0 Å². The van der Waals surface area contributed by atoms with Gasteiger partial charge in [-0.15, -0.1) is 0 Å². The lowest BCUT2D eigenvalue weighted by molar-refractivity contribution is 1.22. The molecule has 29 heavy (non-hydrogen) atoms. The van der Waals surface area contributed by atoms with Gasteiger partial charge in [-0.3, -0.25) is 9.97 Å². The Morgan fingerprint density at radius 1 is 0.655 bits per heavy atom. The lowest BCUT2D eigenvalue weighted by Gasteiger charge is -2.15. The van der Waals surface area contributed by atoms with E-state index in [2.05, 4.69) is 55.2 Å². The van der Waals surface area contributed by atoms with Crippen molar-refractivity contribution < 1.29 is 0 Å². The first-order chi connectivity index (χ1) is 14.3. The number of nitrogens with zero attached hydrogens (tertiary/aromatic N) is 3. The van der Waals surface area contributed by atoms with Gasteiger partial charge >= 0.3 is 0 Å². The molecular weight excluding hydrogens is 373 g/mol. The average molecular weight is 397 g/mol. The Morgan fingerprint density at radius 2 is 1.38 bits per heavy atom. The molecule has 0 unspecified atom stereocenters. The molecule has 3 heterocycles. The minimum absolute atomic E-state index is 0.0625. The van der Waals surface area contributed by atoms with E-state index in [1.165, 1.54) is 23.2 Å². The van der Waals surface area contributed by atoms with E-state index in [0.29, 0.717) is 0 Å². The van der Waals surface area contributed by atoms with Crippen LogP contribution in [0.2, 0.25) is 0 Å². The van der Waals surface area contributed by atoms with Crippen LogP contribution >= 0.6 is 7.92 Å². The molecule has 0 saturated carbocycles. The van der Waals surface area contributed by atoms with Crippen molar-refractivity contribution >= 4 is 13.2 Å². The summed E-state index contributed by atoms with van der Waals surface area (Å²) in [7, 11) is -0.0625. The van der Waals surface area contributed by atoms with E-state index in [4.69, 9.17) is 9.97 Å². The van der Waals surface area contributed by atoms with Crippen molar-refractivity contribution in [1.82, 2.24) is 15.0 Å². The second-order valence-electron chi connectivity index (χ2n) is 6.78. The average Bonchev–Trinajstić information content (AvgIpc) is 2.81. The van der Waals surface area contributed by atoms with Crippen molar-refractivity contribution in [2.24, 2.45) is 0 Å². The Kier molecular flexibility index (Phi) is 6.07. The van der Waals surface area contributed by atoms with Gasteiger partial charge in [-0.25, -0.2) is 4.98 Å². The van der Waals surface area contributed by atoms with E-state index in [9.17, 15) is 0 Å². The Balaban J connectivity index is 1.62. The maximum atomic E-state index is 4.75. The van der Waals surface area contributed by atoms with Gasteiger partial charge in [0.25, 0.3) is 0 Å². The van der Waals surface area contributed by atoms with Crippen LogP contribution in [-0.2, 0) is 0 Å². The van der Waals surface area contributed by atoms with E-state index in [0.717, 1.165) is 28.3 Å². The van der Waals surface area contributed by atoms with Crippen LogP contribution in [0, 0.1) is 0 Å². The van der Waals surface area contributed by atoms with Gasteiger partial charge in [-0.05, 0) is 59.6 Å². The molecule has 0 spiro atoms. The van der Waals surface area contributed by atoms with Crippen molar-refractivity contribution in [1.29, 1.82) is 0 Å². The molecule has 4 rings (SSSR count). The highest BCUT2D eigenvalue weighted by Gasteiger charge is 2.09. The molecule has 3 aromatic heterocycles. The second-order valence-corrected chi connectivity index (χ2v) is 9.64. The Hall–Kier alpha value is -2.90. The third-order valence-corrected chi connectivity index (χ3v) is 7.55. The molecule has 0 aliphatic carbocycles. The molecule has 4 aromatic rings. The summed E-state index contributed by atoms with van der Waals surface area (Å²) in [6.45, 7) is 4.56. The summed E-state index contributed by atoms with van der Waals surface area (Å²) in [5.74, 6) is 0. The minimum Gasteiger partial charge on any atom is -0.255 e. The van der Waals surface area contributed by atoms with E-state index in [1.54, 1.807) is 6.20 Å². The molecule has 0 radical (unpaired) electrons. The van der Waals surface area contributed by atoms with Gasteiger partial charge in [0.15, 0.2) is 0 Å². The van der Waals surface area contributed by atoms with Gasteiger partial charge in [0.05, 0.1) is 22.8 Å². The number of hydrogen-bond donors (Lipinski definition) is 0. The Morgan fingerprint density at radius 3 is 2.03 bits per heavy atom. The van der Waals surface area contributed by atoms with E-state index >= 15 is 0 Å². The predicted molar refractivity (Wildman–Crippen MR) is 124 cm³/mol. The second kappa shape index (κ2) is 9.07. The zero-order chi connectivity index (χ0) is 20.1. The third kappa shape index (κ3) is 4.41. The largest absolute Gasteiger partial charge is 0.255 e. The molecule has 1 aromatic carbocycles. The van der Waals surface area contributed by atoms with Crippen LogP contribution in [0.1, 0.15) is 13.8 Å². The van der Waals surface area contributed by atoms with Gasteiger partial charge in [0.2, 0.25) is 0 Å². The van der Waals surface area contributed by atoms with Crippen molar-refractivity contribution in [3.63, 3.8) is 0 Å². The van der Waals surface area contributed by atoms with Gasteiger partial charge in [0.1, 0.15) is 0 Å². The van der Waals surface area contributed by atoms with Crippen LogP contribution < -0.4 is 5.30 Å². The first kappa shape index (κ1) is 19.4. The molecule has 0 amide bonds. The highest BCUT2D eigenvalue weighted by Crippen LogP contribution is 2.34. The lowest BCUT2D eigenvalue weighted by atomic mass is 10.1. The maximum absolute atomic E-state index is 4.75. The SMILES string of the molecule is CCP(CC)c1cccc(-c2ccc(-c3cccc(-c4ccccn4)n3)nc2)c1. The van der Waals surface area contributed by atoms with Crippen LogP contribution in [-0.4, -0.2) is 27.3 Å². The summed E-state index contributed by atoms with van der Waals surface area (Å²) < 4.78 is 0. The van der Waals surface area contributed by atoms with Crippen molar-refractivity contribution in [2.45, 2.75) is 13.8 Å². The van der Waals surface area contributed by atoms with Crippen LogP contribution in [0.3, 0.4) is 0 Å². The van der Waals surface area contributed by atoms with E-state index < -0.39 is 0 Å². The van der Waals surface area contributed by atoms with Crippen LogP contribution in [0.25, 0.3) is 33.9 Å². The summed E-state index contributed by atoms with van der Waals surface area (Å²) in [5.41, 5.74) is 5.81. The molecule has 0 atom stereocenters. The molecule has 0 aliphatic heterocycles. The number of aromatic nitrogens is 3. The number of rotatable bonds is 6. The molecule has 0 aliphatic rings. The van der Waals surface area contributed by atoms with E-state index in [-0.39, 0.29) is 7.92 Å². The first-order valence-electron chi connectivity index (χ1n) is 9.98. The van der Waals surface area contributed by atoms with Crippen LogP contribution in [0.15, 0.2) is 85.2 Å².